The zero-order chi connectivity index (χ0) is 25.2. The number of halogens is 4. The van der Waals surface area contributed by atoms with E-state index in [1.54, 1.807) is 28.9 Å². The molecular formula is C25H22BrCl3N6O. The smallest absolute Gasteiger partial charge is 0.321 e. The number of rotatable bonds is 5. The van der Waals surface area contributed by atoms with Gasteiger partial charge in [0.15, 0.2) is 5.65 Å². The van der Waals surface area contributed by atoms with Gasteiger partial charge in [-0.15, -0.1) is 0 Å². The zero-order valence-corrected chi connectivity index (χ0v) is 22.9. The van der Waals surface area contributed by atoms with Gasteiger partial charge in [-0.1, -0.05) is 53.0 Å². The van der Waals surface area contributed by atoms with Crippen molar-refractivity contribution in [2.24, 2.45) is 5.92 Å². The Morgan fingerprint density at radius 1 is 1.08 bits per heavy atom. The summed E-state index contributed by atoms with van der Waals surface area (Å²) in [5.74, 6) is 1.07. The van der Waals surface area contributed by atoms with Crippen LogP contribution in [0.5, 0.6) is 0 Å². The number of urea groups is 1. The number of carbonyl (C=O) groups excluding carboxylic acids is 1. The lowest BCUT2D eigenvalue weighted by Crippen LogP contribution is -2.44. The van der Waals surface area contributed by atoms with E-state index < -0.39 is 0 Å². The quantitative estimate of drug-likeness (QED) is 0.247. The molecule has 2 amide bonds. The number of amides is 2. The molecule has 36 heavy (non-hydrogen) atoms. The summed E-state index contributed by atoms with van der Waals surface area (Å²) in [5, 5.41) is 12.4. The third-order valence-electron chi connectivity index (χ3n) is 6.13. The van der Waals surface area contributed by atoms with E-state index in [1.807, 2.05) is 35.2 Å². The first kappa shape index (κ1) is 25.1. The summed E-state index contributed by atoms with van der Waals surface area (Å²) in [6.45, 7) is 2.01. The number of nitrogens with zero attached hydrogens (tertiary/aromatic N) is 4. The SMILES string of the molecule is O=C(Nc1ccc(Cl)c(Cl)c1)N1CCCC(CNc2cc(-c3ccccc3Cl)nc3c(Br)cnn23)C1. The molecule has 7 nitrogen and oxygen atoms in total. The van der Waals surface area contributed by atoms with Crippen molar-refractivity contribution in [3.63, 3.8) is 0 Å². The van der Waals surface area contributed by atoms with Gasteiger partial charge in [0.25, 0.3) is 0 Å². The second-order valence-electron chi connectivity index (χ2n) is 8.63. The minimum Gasteiger partial charge on any atom is -0.370 e. The number of carbonyl (C=O) groups is 1. The summed E-state index contributed by atoms with van der Waals surface area (Å²) >= 11 is 22.0. The molecule has 1 fully saturated rings. The van der Waals surface area contributed by atoms with Crippen molar-refractivity contribution in [3.8, 4) is 11.3 Å². The van der Waals surface area contributed by atoms with Gasteiger partial charge in [-0.25, -0.2) is 9.78 Å². The number of anilines is 2. The molecule has 1 atom stereocenters. The molecule has 4 aromatic rings. The van der Waals surface area contributed by atoms with Crippen LogP contribution in [0.25, 0.3) is 16.9 Å². The number of aromatic nitrogens is 3. The van der Waals surface area contributed by atoms with E-state index in [4.69, 9.17) is 39.8 Å². The van der Waals surface area contributed by atoms with Crippen LogP contribution >= 0.6 is 50.7 Å². The minimum atomic E-state index is -0.151. The lowest BCUT2D eigenvalue weighted by atomic mass is 9.98. The third kappa shape index (κ3) is 5.42. The van der Waals surface area contributed by atoms with Gasteiger partial charge in [0, 0.05) is 42.0 Å². The van der Waals surface area contributed by atoms with Crippen LogP contribution in [0.2, 0.25) is 15.1 Å². The van der Waals surface area contributed by atoms with Gasteiger partial charge in [-0.3, -0.25) is 0 Å². The molecule has 0 aliphatic carbocycles. The Labute approximate surface area is 231 Å². The molecule has 1 unspecified atom stereocenters. The summed E-state index contributed by atoms with van der Waals surface area (Å²) in [7, 11) is 0. The predicted molar refractivity (Wildman–Crippen MR) is 149 cm³/mol. The fraction of sp³-hybridized carbons (Fsp3) is 0.240. The molecule has 0 radical (unpaired) electrons. The molecule has 1 saturated heterocycles. The van der Waals surface area contributed by atoms with Gasteiger partial charge in [0.1, 0.15) is 5.82 Å². The van der Waals surface area contributed by atoms with E-state index in [0.717, 1.165) is 34.4 Å². The van der Waals surface area contributed by atoms with Crippen LogP contribution in [-0.2, 0) is 0 Å². The highest BCUT2D eigenvalue weighted by Gasteiger charge is 2.24. The molecule has 2 aromatic heterocycles. The van der Waals surface area contributed by atoms with E-state index in [0.29, 0.717) is 46.0 Å². The van der Waals surface area contributed by atoms with E-state index in [9.17, 15) is 4.79 Å². The predicted octanol–water partition coefficient (Wildman–Crippen LogP) is 7.48. The summed E-state index contributed by atoms with van der Waals surface area (Å²) in [6.07, 6.45) is 3.66. The van der Waals surface area contributed by atoms with Crippen LogP contribution in [0, 0.1) is 5.92 Å². The van der Waals surface area contributed by atoms with Crippen LogP contribution in [0.3, 0.4) is 0 Å². The Balaban J connectivity index is 1.30. The summed E-state index contributed by atoms with van der Waals surface area (Å²) < 4.78 is 2.56. The lowest BCUT2D eigenvalue weighted by Gasteiger charge is -2.33. The van der Waals surface area contributed by atoms with Crippen LogP contribution < -0.4 is 10.6 Å². The van der Waals surface area contributed by atoms with Gasteiger partial charge < -0.3 is 15.5 Å². The largest absolute Gasteiger partial charge is 0.370 e. The molecule has 3 heterocycles. The molecule has 1 aliphatic heterocycles. The standard InChI is InChI=1S/C25H22BrCl3N6O/c26-18-13-31-35-23(11-22(33-24(18)35)17-5-1-2-6-19(17)27)30-12-15-4-3-9-34(14-15)25(36)32-16-7-8-20(28)21(29)10-16/h1-2,5-8,10-11,13,15,30H,3-4,9,12,14H2,(H,32,36). The van der Waals surface area contributed by atoms with E-state index in [1.165, 1.54) is 0 Å². The fourth-order valence-electron chi connectivity index (χ4n) is 4.31. The summed E-state index contributed by atoms with van der Waals surface area (Å²) in [4.78, 5) is 19.5. The number of benzene rings is 2. The second-order valence-corrected chi connectivity index (χ2v) is 10.7. The maximum absolute atomic E-state index is 12.9. The molecule has 5 rings (SSSR count). The Bertz CT molecular complexity index is 1430. The number of fused-ring (bicyclic) bond motifs is 1. The molecule has 1 aliphatic rings. The zero-order valence-electron chi connectivity index (χ0n) is 19.0. The first-order chi connectivity index (χ1) is 17.4. The highest BCUT2D eigenvalue weighted by Crippen LogP contribution is 2.31. The molecule has 0 spiro atoms. The second kappa shape index (κ2) is 10.8. The molecule has 2 N–H and O–H groups in total. The fourth-order valence-corrected chi connectivity index (χ4v) is 5.19. The Hall–Kier alpha value is -2.52. The normalized spacial score (nSPS) is 15.8. The van der Waals surface area contributed by atoms with Crippen LogP contribution in [0.1, 0.15) is 12.8 Å². The third-order valence-corrected chi connectivity index (χ3v) is 7.76. The first-order valence-electron chi connectivity index (χ1n) is 11.4. The van der Waals surface area contributed by atoms with Gasteiger partial charge in [0.2, 0.25) is 0 Å². The monoisotopic (exact) mass is 606 g/mol. The first-order valence-corrected chi connectivity index (χ1v) is 13.4. The van der Waals surface area contributed by atoms with Crippen molar-refractivity contribution in [2.75, 3.05) is 30.3 Å². The van der Waals surface area contributed by atoms with Gasteiger partial charge in [-0.05, 0) is 59.0 Å². The van der Waals surface area contributed by atoms with Crippen molar-refractivity contribution in [3.05, 3.63) is 74.3 Å². The van der Waals surface area contributed by atoms with Crippen LogP contribution in [0.15, 0.2) is 59.2 Å². The Morgan fingerprint density at radius 2 is 1.92 bits per heavy atom. The van der Waals surface area contributed by atoms with Crippen molar-refractivity contribution in [1.29, 1.82) is 0 Å². The highest BCUT2D eigenvalue weighted by molar-refractivity contribution is 9.10. The lowest BCUT2D eigenvalue weighted by molar-refractivity contribution is 0.180. The Morgan fingerprint density at radius 3 is 2.72 bits per heavy atom. The number of hydrogen-bond acceptors (Lipinski definition) is 4. The van der Waals surface area contributed by atoms with Crippen LogP contribution in [-0.4, -0.2) is 45.2 Å². The maximum atomic E-state index is 12.9. The number of nitrogens with one attached hydrogen (secondary N) is 2. The van der Waals surface area contributed by atoms with E-state index in [-0.39, 0.29) is 11.9 Å². The van der Waals surface area contributed by atoms with Crippen molar-refractivity contribution >= 4 is 73.9 Å². The summed E-state index contributed by atoms with van der Waals surface area (Å²) in [5.41, 5.74) is 2.91. The molecule has 11 heteroatoms. The summed E-state index contributed by atoms with van der Waals surface area (Å²) in [6, 6.07) is 14.5. The van der Waals surface area contributed by atoms with Crippen LogP contribution in [0.4, 0.5) is 16.3 Å². The van der Waals surface area contributed by atoms with Gasteiger partial charge >= 0.3 is 6.03 Å². The average Bonchev–Trinajstić information content (AvgIpc) is 3.26. The number of likely N-dealkylation sites (tertiary alicyclic amines) is 1. The number of hydrogen-bond donors (Lipinski definition) is 2. The minimum absolute atomic E-state index is 0.151. The molecule has 0 saturated carbocycles. The highest BCUT2D eigenvalue weighted by atomic mass is 79.9. The topological polar surface area (TPSA) is 74.6 Å². The van der Waals surface area contributed by atoms with Gasteiger partial charge in [-0.2, -0.15) is 9.61 Å². The molecule has 0 bridgehead atoms. The van der Waals surface area contributed by atoms with Crippen molar-refractivity contribution in [1.82, 2.24) is 19.5 Å². The average molecular weight is 609 g/mol. The van der Waals surface area contributed by atoms with Crippen molar-refractivity contribution < 1.29 is 4.79 Å². The molecule has 2 aromatic carbocycles. The number of piperidine rings is 1. The van der Waals surface area contributed by atoms with E-state index in [2.05, 4.69) is 31.7 Å². The molecular weight excluding hydrogens is 587 g/mol. The van der Waals surface area contributed by atoms with E-state index >= 15 is 0 Å². The van der Waals surface area contributed by atoms with Gasteiger partial charge in [0.05, 0.1) is 26.4 Å². The van der Waals surface area contributed by atoms with Crippen molar-refractivity contribution in [2.45, 2.75) is 12.8 Å². The molecule has 186 valence electrons. The Kier molecular flexibility index (Phi) is 7.57. The maximum Gasteiger partial charge on any atom is 0.321 e.